The lowest BCUT2D eigenvalue weighted by Crippen LogP contribution is -2.44. The smallest absolute Gasteiger partial charge is 0.329 e. The molecule has 0 aliphatic carbocycles. The molecule has 0 spiro atoms. The number of fused-ring (bicyclic) bond motifs is 5. The first-order chi connectivity index (χ1) is 14.0. The van der Waals surface area contributed by atoms with E-state index in [2.05, 4.69) is 0 Å². The molecule has 4 atom stereocenters. The molecule has 2 amide bonds. The largest absolute Gasteiger partial charge is 0.467 e. The van der Waals surface area contributed by atoms with Crippen molar-refractivity contribution in [1.82, 2.24) is 4.90 Å². The standard InChI is InChI=1S/C22H17FN2O4/c1-29-22(28)19-17-16(18-15-5-3-2-4-12(15)10-11-24(18)19)20(26)25(21(17)27)14-8-6-13(23)7-9-14/h2-11,16-19H,1H3/t16-,17-,18+,19+/m1/s1. The Labute approximate surface area is 166 Å². The molecule has 0 radical (unpaired) electrons. The number of carbonyl (C=O) groups is 3. The van der Waals surface area contributed by atoms with E-state index < -0.39 is 47.5 Å². The van der Waals surface area contributed by atoms with Crippen LogP contribution in [0.5, 0.6) is 0 Å². The maximum absolute atomic E-state index is 13.4. The van der Waals surface area contributed by atoms with E-state index in [0.29, 0.717) is 5.69 Å². The quantitative estimate of drug-likeness (QED) is 0.580. The number of rotatable bonds is 2. The van der Waals surface area contributed by atoms with Crippen LogP contribution >= 0.6 is 0 Å². The Morgan fingerprint density at radius 2 is 1.69 bits per heavy atom. The van der Waals surface area contributed by atoms with E-state index in [1.807, 2.05) is 30.3 Å². The summed E-state index contributed by atoms with van der Waals surface area (Å²) in [7, 11) is 1.27. The molecule has 2 fully saturated rings. The van der Waals surface area contributed by atoms with Gasteiger partial charge in [-0.05, 0) is 41.5 Å². The van der Waals surface area contributed by atoms with Crippen molar-refractivity contribution in [3.05, 3.63) is 71.7 Å². The monoisotopic (exact) mass is 392 g/mol. The van der Waals surface area contributed by atoms with Crippen molar-refractivity contribution in [2.75, 3.05) is 12.0 Å². The van der Waals surface area contributed by atoms with Gasteiger partial charge >= 0.3 is 5.97 Å². The van der Waals surface area contributed by atoms with E-state index in [0.717, 1.165) is 16.0 Å². The Kier molecular flexibility index (Phi) is 3.81. The average molecular weight is 392 g/mol. The second kappa shape index (κ2) is 6.27. The number of carbonyl (C=O) groups excluding carboxylic acids is 3. The Hall–Kier alpha value is -3.48. The predicted molar refractivity (Wildman–Crippen MR) is 102 cm³/mol. The molecule has 29 heavy (non-hydrogen) atoms. The maximum atomic E-state index is 13.4. The minimum Gasteiger partial charge on any atom is -0.467 e. The van der Waals surface area contributed by atoms with Crippen LogP contribution in [0.25, 0.3) is 6.08 Å². The number of hydrogen-bond donors (Lipinski definition) is 0. The van der Waals surface area contributed by atoms with Gasteiger partial charge in [-0.15, -0.1) is 0 Å². The summed E-state index contributed by atoms with van der Waals surface area (Å²) in [4.78, 5) is 42.2. The maximum Gasteiger partial charge on any atom is 0.329 e. The Bertz CT molecular complexity index is 1060. The topological polar surface area (TPSA) is 66.9 Å². The summed E-state index contributed by atoms with van der Waals surface area (Å²) in [6.45, 7) is 0. The molecule has 3 heterocycles. The lowest BCUT2D eigenvalue weighted by atomic mass is 9.84. The second-order valence-electron chi connectivity index (χ2n) is 7.34. The fourth-order valence-electron chi connectivity index (χ4n) is 4.79. The lowest BCUT2D eigenvalue weighted by Gasteiger charge is -2.34. The van der Waals surface area contributed by atoms with E-state index in [1.165, 1.54) is 31.4 Å². The zero-order valence-electron chi connectivity index (χ0n) is 15.5. The van der Waals surface area contributed by atoms with Gasteiger partial charge in [0.2, 0.25) is 11.8 Å². The number of ether oxygens (including phenoxy) is 1. The number of nitrogens with zero attached hydrogens (tertiary/aromatic N) is 2. The number of halogens is 1. The van der Waals surface area contributed by atoms with Crippen molar-refractivity contribution < 1.29 is 23.5 Å². The van der Waals surface area contributed by atoms with Gasteiger partial charge < -0.3 is 9.64 Å². The fourth-order valence-corrected chi connectivity index (χ4v) is 4.79. The molecule has 0 N–H and O–H groups in total. The van der Waals surface area contributed by atoms with Gasteiger partial charge in [0.25, 0.3) is 0 Å². The van der Waals surface area contributed by atoms with Crippen LogP contribution in [0.2, 0.25) is 0 Å². The Balaban J connectivity index is 1.65. The summed E-state index contributed by atoms with van der Waals surface area (Å²) in [6, 6.07) is 11.4. The number of imide groups is 1. The SMILES string of the molecule is COC(=O)[C@@H]1[C@@H]2C(=O)N(c3ccc(F)cc3)C(=O)[C@H]2[C@@H]2c3ccccc3C=CN12. The summed E-state index contributed by atoms with van der Waals surface area (Å²) in [6.07, 6.45) is 3.63. The molecule has 7 heteroatoms. The molecular weight excluding hydrogens is 375 g/mol. The van der Waals surface area contributed by atoms with Crippen molar-refractivity contribution in [2.24, 2.45) is 11.8 Å². The molecule has 6 nitrogen and oxygen atoms in total. The number of anilines is 1. The van der Waals surface area contributed by atoms with Crippen LogP contribution in [0.15, 0.2) is 54.7 Å². The zero-order chi connectivity index (χ0) is 20.3. The van der Waals surface area contributed by atoms with Crippen LogP contribution in [-0.4, -0.2) is 35.8 Å². The van der Waals surface area contributed by atoms with Crippen LogP contribution in [0.3, 0.4) is 0 Å². The summed E-state index contributed by atoms with van der Waals surface area (Å²) >= 11 is 0. The molecular formula is C22H17FN2O4. The van der Waals surface area contributed by atoms with Gasteiger partial charge in [-0.25, -0.2) is 14.1 Å². The van der Waals surface area contributed by atoms with Crippen molar-refractivity contribution in [1.29, 1.82) is 0 Å². The zero-order valence-corrected chi connectivity index (χ0v) is 15.5. The highest BCUT2D eigenvalue weighted by atomic mass is 19.1. The fraction of sp³-hybridized carbons (Fsp3) is 0.227. The van der Waals surface area contributed by atoms with E-state index in [9.17, 15) is 18.8 Å². The van der Waals surface area contributed by atoms with Crippen molar-refractivity contribution >= 4 is 29.5 Å². The number of benzene rings is 2. The number of methoxy groups -OCH3 is 1. The third-order valence-electron chi connectivity index (χ3n) is 5.99. The van der Waals surface area contributed by atoms with Crippen molar-refractivity contribution in [3.63, 3.8) is 0 Å². The van der Waals surface area contributed by atoms with E-state index in [1.54, 1.807) is 11.1 Å². The van der Waals surface area contributed by atoms with Crippen molar-refractivity contribution in [3.8, 4) is 0 Å². The predicted octanol–water partition coefficient (Wildman–Crippen LogP) is 2.51. The average Bonchev–Trinajstić information content (AvgIpc) is 3.21. The normalized spacial score (nSPS) is 27.0. The van der Waals surface area contributed by atoms with Crippen LogP contribution in [0.1, 0.15) is 17.2 Å². The van der Waals surface area contributed by atoms with Gasteiger partial charge in [0.1, 0.15) is 11.9 Å². The highest BCUT2D eigenvalue weighted by Crippen LogP contribution is 2.53. The highest BCUT2D eigenvalue weighted by Gasteiger charge is 2.65. The van der Waals surface area contributed by atoms with E-state index in [-0.39, 0.29) is 0 Å². The third kappa shape index (κ3) is 2.36. The molecule has 0 saturated carbocycles. The molecule has 5 rings (SSSR count). The van der Waals surface area contributed by atoms with Crippen LogP contribution in [0.4, 0.5) is 10.1 Å². The molecule has 2 saturated heterocycles. The second-order valence-corrected chi connectivity index (χ2v) is 7.34. The van der Waals surface area contributed by atoms with Gasteiger partial charge in [-0.2, -0.15) is 0 Å². The van der Waals surface area contributed by atoms with E-state index in [4.69, 9.17) is 4.74 Å². The molecule has 3 aliphatic rings. The minimum atomic E-state index is -0.901. The number of amides is 2. The summed E-state index contributed by atoms with van der Waals surface area (Å²) in [5, 5.41) is 0. The van der Waals surface area contributed by atoms with E-state index >= 15 is 0 Å². The van der Waals surface area contributed by atoms with Gasteiger partial charge in [-0.3, -0.25) is 9.59 Å². The summed E-state index contributed by atoms with van der Waals surface area (Å²) in [5.41, 5.74) is 2.13. The van der Waals surface area contributed by atoms with Gasteiger partial charge in [0, 0.05) is 6.20 Å². The number of hydrogen-bond acceptors (Lipinski definition) is 5. The van der Waals surface area contributed by atoms with Gasteiger partial charge in [-0.1, -0.05) is 24.3 Å². The van der Waals surface area contributed by atoms with Crippen LogP contribution in [-0.2, 0) is 19.1 Å². The summed E-state index contributed by atoms with van der Waals surface area (Å²) in [5.74, 6) is -3.49. The molecule has 2 aromatic carbocycles. The Morgan fingerprint density at radius 3 is 2.41 bits per heavy atom. The minimum absolute atomic E-state index is 0.297. The molecule has 2 aromatic rings. The highest BCUT2D eigenvalue weighted by molar-refractivity contribution is 6.23. The molecule has 146 valence electrons. The van der Waals surface area contributed by atoms with Gasteiger partial charge in [0.15, 0.2) is 0 Å². The van der Waals surface area contributed by atoms with Crippen LogP contribution < -0.4 is 4.90 Å². The molecule has 0 unspecified atom stereocenters. The molecule has 0 bridgehead atoms. The number of esters is 1. The first-order valence-corrected chi connectivity index (χ1v) is 9.28. The Morgan fingerprint density at radius 1 is 1.00 bits per heavy atom. The molecule has 3 aliphatic heterocycles. The first kappa shape index (κ1) is 17.6. The summed E-state index contributed by atoms with van der Waals surface area (Å²) < 4.78 is 18.3. The third-order valence-corrected chi connectivity index (χ3v) is 5.99. The first-order valence-electron chi connectivity index (χ1n) is 9.28. The molecule has 0 aromatic heterocycles. The van der Waals surface area contributed by atoms with Crippen molar-refractivity contribution in [2.45, 2.75) is 12.1 Å². The lowest BCUT2D eigenvalue weighted by molar-refractivity contribution is -0.148. The van der Waals surface area contributed by atoms with Crippen LogP contribution in [0, 0.1) is 17.7 Å². The van der Waals surface area contributed by atoms with Gasteiger partial charge in [0.05, 0.1) is 30.7 Å².